The Balaban J connectivity index is 2.42. The molecule has 0 heterocycles. The van der Waals surface area contributed by atoms with Crippen LogP contribution in [0.3, 0.4) is 0 Å². The van der Waals surface area contributed by atoms with E-state index in [2.05, 4.69) is 10.6 Å². The van der Waals surface area contributed by atoms with Crippen LogP contribution in [-0.4, -0.2) is 37.7 Å². The van der Waals surface area contributed by atoms with Gasteiger partial charge >= 0.3 is 12.0 Å². The van der Waals surface area contributed by atoms with Gasteiger partial charge in [-0.25, -0.2) is 4.79 Å². The van der Waals surface area contributed by atoms with E-state index in [1.165, 1.54) is 0 Å². The van der Waals surface area contributed by atoms with Crippen molar-refractivity contribution in [3.05, 3.63) is 24.3 Å². The Kier molecular flexibility index (Phi) is 4.98. The van der Waals surface area contributed by atoms with Gasteiger partial charge in [-0.05, 0) is 24.3 Å². The van der Waals surface area contributed by atoms with Crippen molar-refractivity contribution in [2.45, 2.75) is 6.42 Å². The molecule has 0 saturated heterocycles. The highest BCUT2D eigenvalue weighted by Crippen LogP contribution is 2.15. The molecule has 0 atom stereocenters. The predicted molar refractivity (Wildman–Crippen MR) is 70.0 cm³/mol. The number of benzene rings is 1. The molecule has 0 spiro atoms. The molecule has 0 radical (unpaired) electrons. The summed E-state index contributed by atoms with van der Waals surface area (Å²) in [5, 5.41) is 13.5. The molecule has 0 saturated carbocycles. The first-order valence-electron chi connectivity index (χ1n) is 5.53. The van der Waals surface area contributed by atoms with Gasteiger partial charge in [-0.1, -0.05) is 0 Å². The van der Waals surface area contributed by atoms with E-state index in [0.717, 1.165) is 5.69 Å². The number of nitrogens with zero attached hydrogens (tertiary/aromatic N) is 1. The number of carboxylic acids is 1. The van der Waals surface area contributed by atoms with Crippen LogP contribution >= 0.6 is 0 Å². The molecule has 1 rings (SSSR count). The van der Waals surface area contributed by atoms with Crippen molar-refractivity contribution >= 4 is 23.4 Å². The molecule has 0 aliphatic rings. The molecular weight excluding hydrogens is 234 g/mol. The lowest BCUT2D eigenvalue weighted by atomic mass is 10.2. The zero-order valence-corrected chi connectivity index (χ0v) is 10.4. The maximum absolute atomic E-state index is 11.4. The number of urea groups is 1. The van der Waals surface area contributed by atoms with Crippen LogP contribution in [-0.2, 0) is 4.79 Å². The third-order valence-electron chi connectivity index (χ3n) is 2.27. The molecule has 3 N–H and O–H groups in total. The van der Waals surface area contributed by atoms with Gasteiger partial charge < -0.3 is 20.6 Å². The van der Waals surface area contributed by atoms with E-state index in [1.54, 1.807) is 12.1 Å². The summed E-state index contributed by atoms with van der Waals surface area (Å²) in [4.78, 5) is 23.6. The minimum atomic E-state index is -0.939. The van der Waals surface area contributed by atoms with E-state index < -0.39 is 12.0 Å². The first-order chi connectivity index (χ1) is 8.49. The summed E-state index contributed by atoms with van der Waals surface area (Å²) in [7, 11) is 3.86. The Morgan fingerprint density at radius 1 is 1.22 bits per heavy atom. The van der Waals surface area contributed by atoms with Gasteiger partial charge in [0.05, 0.1) is 6.42 Å². The van der Waals surface area contributed by atoms with E-state index >= 15 is 0 Å². The lowest BCUT2D eigenvalue weighted by molar-refractivity contribution is -0.136. The van der Waals surface area contributed by atoms with Gasteiger partial charge in [-0.15, -0.1) is 0 Å². The summed E-state index contributed by atoms with van der Waals surface area (Å²) in [5.74, 6) is -0.939. The van der Waals surface area contributed by atoms with Crippen LogP contribution in [0.2, 0.25) is 0 Å². The number of hydrogen-bond donors (Lipinski definition) is 3. The molecule has 18 heavy (non-hydrogen) atoms. The molecule has 0 aromatic heterocycles. The molecule has 0 fully saturated rings. The SMILES string of the molecule is CN(C)c1ccc(NC(=O)NCCC(=O)O)cc1. The highest BCUT2D eigenvalue weighted by atomic mass is 16.4. The number of nitrogens with one attached hydrogen (secondary N) is 2. The third-order valence-corrected chi connectivity index (χ3v) is 2.27. The third kappa shape index (κ3) is 4.73. The van der Waals surface area contributed by atoms with Crippen molar-refractivity contribution in [2.24, 2.45) is 0 Å². The van der Waals surface area contributed by atoms with Gasteiger partial charge in [0.1, 0.15) is 0 Å². The van der Waals surface area contributed by atoms with Crippen LogP contribution in [0, 0.1) is 0 Å². The Bertz CT molecular complexity index is 415. The van der Waals surface area contributed by atoms with E-state index in [4.69, 9.17) is 5.11 Å². The van der Waals surface area contributed by atoms with Crippen LogP contribution < -0.4 is 15.5 Å². The number of rotatable bonds is 5. The highest BCUT2D eigenvalue weighted by Gasteiger charge is 2.03. The fraction of sp³-hybridized carbons (Fsp3) is 0.333. The molecule has 2 amide bonds. The van der Waals surface area contributed by atoms with Crippen molar-refractivity contribution < 1.29 is 14.7 Å². The molecule has 0 unspecified atom stereocenters. The maximum atomic E-state index is 11.4. The van der Waals surface area contributed by atoms with Gasteiger partial charge in [-0.2, -0.15) is 0 Å². The predicted octanol–water partition coefficient (Wildman–Crippen LogP) is 1.35. The number of aliphatic carboxylic acids is 1. The zero-order chi connectivity index (χ0) is 13.5. The smallest absolute Gasteiger partial charge is 0.319 e. The van der Waals surface area contributed by atoms with Crippen molar-refractivity contribution in [1.82, 2.24) is 5.32 Å². The number of hydrogen-bond acceptors (Lipinski definition) is 3. The van der Waals surface area contributed by atoms with Crippen LogP contribution in [0.25, 0.3) is 0 Å². The van der Waals surface area contributed by atoms with Crippen molar-refractivity contribution in [3.63, 3.8) is 0 Å². The molecule has 6 heteroatoms. The highest BCUT2D eigenvalue weighted by molar-refractivity contribution is 5.89. The zero-order valence-electron chi connectivity index (χ0n) is 10.4. The second-order valence-electron chi connectivity index (χ2n) is 3.97. The van der Waals surface area contributed by atoms with Crippen molar-refractivity contribution in [3.8, 4) is 0 Å². The van der Waals surface area contributed by atoms with Crippen LogP contribution in [0.15, 0.2) is 24.3 Å². The molecular formula is C12H17N3O3. The van der Waals surface area contributed by atoms with Gasteiger partial charge in [-0.3, -0.25) is 4.79 Å². The normalized spacial score (nSPS) is 9.67. The molecule has 0 aliphatic heterocycles. The van der Waals surface area contributed by atoms with Crippen LogP contribution in [0.4, 0.5) is 16.2 Å². The Morgan fingerprint density at radius 3 is 2.33 bits per heavy atom. The lowest BCUT2D eigenvalue weighted by Crippen LogP contribution is -2.30. The number of carboxylic acid groups (broad SMARTS) is 1. The lowest BCUT2D eigenvalue weighted by Gasteiger charge is -2.13. The second-order valence-corrected chi connectivity index (χ2v) is 3.97. The van der Waals surface area contributed by atoms with E-state index in [9.17, 15) is 9.59 Å². The summed E-state index contributed by atoms with van der Waals surface area (Å²) in [6.45, 7) is 0.108. The van der Waals surface area contributed by atoms with Crippen molar-refractivity contribution in [2.75, 3.05) is 30.9 Å². The number of amides is 2. The van der Waals surface area contributed by atoms with Gasteiger partial charge in [0.15, 0.2) is 0 Å². The van der Waals surface area contributed by atoms with Crippen molar-refractivity contribution in [1.29, 1.82) is 0 Å². The minimum absolute atomic E-state index is 0.0903. The minimum Gasteiger partial charge on any atom is -0.481 e. The standard InChI is InChI=1S/C12H17N3O3/c1-15(2)10-5-3-9(4-6-10)14-12(18)13-8-7-11(16)17/h3-6H,7-8H2,1-2H3,(H,16,17)(H2,13,14,18). The average Bonchev–Trinajstić information content (AvgIpc) is 2.29. The maximum Gasteiger partial charge on any atom is 0.319 e. The topological polar surface area (TPSA) is 81.7 Å². The average molecular weight is 251 g/mol. The summed E-state index contributed by atoms with van der Waals surface area (Å²) < 4.78 is 0. The van der Waals surface area contributed by atoms with Gasteiger partial charge in [0, 0.05) is 32.0 Å². The largest absolute Gasteiger partial charge is 0.481 e. The fourth-order valence-electron chi connectivity index (χ4n) is 1.30. The first kappa shape index (κ1) is 13.8. The molecule has 6 nitrogen and oxygen atoms in total. The molecule has 1 aromatic rings. The van der Waals surface area contributed by atoms with E-state index in [0.29, 0.717) is 5.69 Å². The number of anilines is 2. The second kappa shape index (κ2) is 6.48. The summed E-state index contributed by atoms with van der Waals surface area (Å²) in [5.41, 5.74) is 1.69. The van der Waals surface area contributed by atoms with Crippen LogP contribution in [0.5, 0.6) is 0 Å². The summed E-state index contributed by atoms with van der Waals surface area (Å²) in [6.07, 6.45) is -0.0903. The Hall–Kier alpha value is -2.24. The van der Waals surface area contributed by atoms with Gasteiger partial charge in [0.25, 0.3) is 0 Å². The Labute approximate surface area is 106 Å². The number of carbonyl (C=O) groups is 2. The van der Waals surface area contributed by atoms with Crippen LogP contribution in [0.1, 0.15) is 6.42 Å². The summed E-state index contributed by atoms with van der Waals surface area (Å²) >= 11 is 0. The summed E-state index contributed by atoms with van der Waals surface area (Å²) in [6, 6.07) is 6.92. The molecule has 1 aromatic carbocycles. The van der Waals surface area contributed by atoms with Gasteiger partial charge in [0.2, 0.25) is 0 Å². The number of carbonyl (C=O) groups excluding carboxylic acids is 1. The monoisotopic (exact) mass is 251 g/mol. The van der Waals surface area contributed by atoms with E-state index in [1.807, 2.05) is 31.1 Å². The molecule has 0 aliphatic carbocycles. The first-order valence-corrected chi connectivity index (χ1v) is 5.53. The fourth-order valence-corrected chi connectivity index (χ4v) is 1.30. The Morgan fingerprint density at radius 2 is 1.83 bits per heavy atom. The molecule has 0 bridgehead atoms. The quantitative estimate of drug-likeness (QED) is 0.737. The van der Waals surface area contributed by atoms with E-state index in [-0.39, 0.29) is 13.0 Å². The molecule has 98 valence electrons.